The topological polar surface area (TPSA) is 81.8 Å². The van der Waals surface area contributed by atoms with Gasteiger partial charge in [-0.3, -0.25) is 0 Å². The first kappa shape index (κ1) is 15.7. The molecule has 0 rings (SSSR count). The van der Waals surface area contributed by atoms with Crippen LogP contribution in [0.15, 0.2) is 5.34 Å². The average molecular weight is 294 g/mol. The maximum atomic E-state index is 8.89. The molecule has 0 bridgehead atoms. The van der Waals surface area contributed by atoms with Gasteiger partial charge in [-0.25, -0.2) is 10.1 Å². The molecule has 0 atom stereocenters. The molecule has 0 aromatic carbocycles. The third kappa shape index (κ3) is 16.6. The second kappa shape index (κ2) is 10.1. The monoisotopic (exact) mass is 296 g/mol. The van der Waals surface area contributed by atoms with Gasteiger partial charge in [0.2, 0.25) is 0 Å². The predicted octanol–water partition coefficient (Wildman–Crippen LogP) is -0.129. The molecule has 0 aliphatic rings. The molecule has 0 aromatic heterocycles. The van der Waals surface area contributed by atoms with Gasteiger partial charge < -0.3 is 0 Å². The summed E-state index contributed by atoms with van der Waals surface area (Å²) in [6, 6.07) is 0. The Kier molecular flexibility index (Phi) is 19.8. The quantitative estimate of drug-likeness (QED) is 0.307. The molecule has 0 amide bonds. The van der Waals surface area contributed by atoms with Crippen LogP contribution in [0.4, 0.5) is 0 Å². The van der Waals surface area contributed by atoms with Crippen molar-refractivity contribution in [3.63, 3.8) is 0 Å². The minimum absolute atomic E-state index is 0. The molecular formula is N2O4Ru2. The molecule has 0 saturated carbocycles. The van der Waals surface area contributed by atoms with E-state index in [4.69, 9.17) is 15.0 Å². The van der Waals surface area contributed by atoms with Crippen molar-refractivity contribution in [3.05, 3.63) is 15.0 Å². The SMILES string of the molecule is O=NO[N+](=O)[O-].[Ru].[Ru]. The van der Waals surface area contributed by atoms with Crippen LogP contribution in [-0.4, -0.2) is 5.09 Å². The van der Waals surface area contributed by atoms with E-state index in [1.165, 1.54) is 5.34 Å². The van der Waals surface area contributed by atoms with E-state index in [0.717, 1.165) is 0 Å². The molecule has 0 spiro atoms. The normalized spacial score (nSPS) is 5.00. The Balaban J connectivity index is -0.000000125. The molecule has 0 saturated heterocycles. The Morgan fingerprint density at radius 2 is 1.88 bits per heavy atom. The van der Waals surface area contributed by atoms with Gasteiger partial charge in [-0.2, -0.15) is 0 Å². The number of hydrogen-bond acceptors (Lipinski definition) is 5. The molecule has 0 aliphatic heterocycles. The van der Waals surface area contributed by atoms with Crippen molar-refractivity contribution in [1.29, 1.82) is 0 Å². The van der Waals surface area contributed by atoms with Crippen LogP contribution in [0.25, 0.3) is 0 Å². The Morgan fingerprint density at radius 1 is 1.50 bits per heavy atom. The zero-order valence-corrected chi connectivity index (χ0v) is 6.71. The Bertz CT molecular complexity index is 72.4. The molecule has 0 aromatic rings. The van der Waals surface area contributed by atoms with Crippen molar-refractivity contribution >= 4 is 0 Å². The molecule has 0 aliphatic carbocycles. The largest absolute Gasteiger partial charge is 0.354 e. The number of nitrogens with zero attached hydrogens (tertiary/aromatic N) is 2. The van der Waals surface area contributed by atoms with Gasteiger partial charge in [-0.1, -0.05) is 0 Å². The summed E-state index contributed by atoms with van der Waals surface area (Å²) < 4.78 is 0. The van der Waals surface area contributed by atoms with E-state index in [9.17, 15) is 0 Å². The van der Waals surface area contributed by atoms with Gasteiger partial charge in [0.1, 0.15) is 0 Å². The molecule has 8 heteroatoms. The molecule has 50 valence electrons. The summed E-state index contributed by atoms with van der Waals surface area (Å²) >= 11 is 0. The van der Waals surface area contributed by atoms with Crippen molar-refractivity contribution in [2.45, 2.75) is 0 Å². The maximum Gasteiger partial charge on any atom is 0.354 e. The second-order valence-corrected chi connectivity index (χ2v) is 0.380. The smallest absolute Gasteiger partial charge is 0.218 e. The van der Waals surface area contributed by atoms with E-state index in [0.29, 0.717) is 0 Å². The first-order valence-electron chi connectivity index (χ1n) is 0.913. The fourth-order valence-electron chi connectivity index (χ4n) is 0.0272. The minimum Gasteiger partial charge on any atom is -0.218 e. The molecule has 0 unspecified atom stereocenters. The van der Waals surface area contributed by atoms with Crippen molar-refractivity contribution < 1.29 is 49.0 Å². The summed E-state index contributed by atoms with van der Waals surface area (Å²) in [7, 11) is 0. The fraction of sp³-hybridized carbons (Fsp3) is 0. The van der Waals surface area contributed by atoms with E-state index in [2.05, 4.69) is 4.94 Å². The van der Waals surface area contributed by atoms with Crippen LogP contribution in [0, 0.1) is 15.0 Å². The molecular weight excluding hydrogens is 294 g/mol. The summed E-state index contributed by atoms with van der Waals surface area (Å²) in [5, 5.41) is 9.08. The van der Waals surface area contributed by atoms with Gasteiger partial charge in [0.15, 0.2) is 5.09 Å². The maximum absolute atomic E-state index is 8.89. The van der Waals surface area contributed by atoms with Gasteiger partial charge in [0, 0.05) is 43.9 Å². The van der Waals surface area contributed by atoms with Crippen LogP contribution in [0.2, 0.25) is 0 Å². The van der Waals surface area contributed by atoms with E-state index in [1.807, 2.05) is 0 Å². The molecule has 6 nitrogen and oxygen atoms in total. The third-order valence-electron chi connectivity index (χ3n) is 0.100. The molecule has 0 heterocycles. The number of hydrogen-bond donors (Lipinski definition) is 0. The molecule has 0 radical (unpaired) electrons. The van der Waals surface area contributed by atoms with Gasteiger partial charge in [0.05, 0.1) is 0 Å². The summed E-state index contributed by atoms with van der Waals surface area (Å²) in [6.07, 6.45) is 0. The Labute approximate surface area is 69.5 Å². The zero-order valence-electron chi connectivity index (χ0n) is 3.23. The third-order valence-corrected chi connectivity index (χ3v) is 0.100. The predicted molar refractivity (Wildman–Crippen MR) is 13.9 cm³/mol. The van der Waals surface area contributed by atoms with Gasteiger partial charge in [0.25, 0.3) is 0 Å². The summed E-state index contributed by atoms with van der Waals surface area (Å²) in [5.74, 6) is 0. The van der Waals surface area contributed by atoms with Crippen molar-refractivity contribution in [2.75, 3.05) is 0 Å². The Hall–Kier alpha value is 0.0468. The van der Waals surface area contributed by atoms with Crippen LogP contribution in [0.5, 0.6) is 0 Å². The summed E-state index contributed by atoms with van der Waals surface area (Å²) in [5.41, 5.74) is 0. The average Bonchev–Trinajstić information content (AvgIpc) is 1.35. The first-order chi connectivity index (χ1) is 2.77. The van der Waals surface area contributed by atoms with Gasteiger partial charge in [-0.15, -0.1) is 4.94 Å². The molecule has 0 fully saturated rings. The van der Waals surface area contributed by atoms with E-state index < -0.39 is 5.09 Å². The van der Waals surface area contributed by atoms with Gasteiger partial charge in [-0.05, 0) is 0 Å². The van der Waals surface area contributed by atoms with Crippen molar-refractivity contribution in [1.82, 2.24) is 0 Å². The second-order valence-electron chi connectivity index (χ2n) is 0.380. The zero-order chi connectivity index (χ0) is 4.99. The number of rotatable bonds is 2. The van der Waals surface area contributed by atoms with Crippen LogP contribution in [0.3, 0.4) is 0 Å². The fourth-order valence-corrected chi connectivity index (χ4v) is 0.0272. The van der Waals surface area contributed by atoms with E-state index >= 15 is 0 Å². The summed E-state index contributed by atoms with van der Waals surface area (Å²) in [4.78, 5) is 20.4. The van der Waals surface area contributed by atoms with Crippen LogP contribution in [0.1, 0.15) is 0 Å². The van der Waals surface area contributed by atoms with Crippen molar-refractivity contribution in [3.8, 4) is 0 Å². The minimum atomic E-state index is -1.30. The van der Waals surface area contributed by atoms with Gasteiger partial charge >= 0.3 is 5.34 Å². The molecule has 8 heavy (non-hydrogen) atoms. The Morgan fingerprint density at radius 3 is 1.88 bits per heavy atom. The molecule has 0 N–H and O–H groups in total. The first-order valence-corrected chi connectivity index (χ1v) is 0.913. The van der Waals surface area contributed by atoms with Crippen LogP contribution < -0.4 is 0 Å². The summed E-state index contributed by atoms with van der Waals surface area (Å²) in [6.45, 7) is 0. The van der Waals surface area contributed by atoms with Crippen molar-refractivity contribution in [2.24, 2.45) is 5.34 Å². The van der Waals surface area contributed by atoms with Crippen LogP contribution >= 0.6 is 0 Å². The standard InChI is InChI=1S/N2O4.2Ru/c3-1-6-2(4)5;;. The van der Waals surface area contributed by atoms with E-state index in [-0.39, 0.29) is 39.0 Å². The van der Waals surface area contributed by atoms with E-state index in [1.54, 1.807) is 0 Å². The van der Waals surface area contributed by atoms with Crippen LogP contribution in [-0.2, 0) is 43.9 Å².